The minimum absolute atomic E-state index is 0.161. The third-order valence-electron chi connectivity index (χ3n) is 4.43. The molecule has 0 spiro atoms. The lowest BCUT2D eigenvalue weighted by atomic mass is 10.2. The maximum Gasteiger partial charge on any atom is 0.267 e. The molecule has 4 aromatic rings. The molecule has 0 aliphatic carbocycles. The van der Waals surface area contributed by atoms with Gasteiger partial charge in [0.25, 0.3) is 5.91 Å². The first kappa shape index (κ1) is 19.4. The van der Waals surface area contributed by atoms with Crippen LogP contribution in [0.3, 0.4) is 0 Å². The summed E-state index contributed by atoms with van der Waals surface area (Å²) in [5.41, 5.74) is 4.07. The van der Waals surface area contributed by atoms with E-state index in [1.807, 2.05) is 61.7 Å². The molecule has 0 aliphatic heterocycles. The summed E-state index contributed by atoms with van der Waals surface area (Å²) in [6.45, 7) is 4.38. The Labute approximate surface area is 176 Å². The molecular formula is C22H20N2O3S2. The molecule has 0 saturated carbocycles. The number of anilines is 1. The van der Waals surface area contributed by atoms with Gasteiger partial charge in [-0.05, 0) is 54.6 Å². The minimum atomic E-state index is -0.161. The number of rotatable bonds is 6. The smallest absolute Gasteiger partial charge is 0.267 e. The highest BCUT2D eigenvalue weighted by Crippen LogP contribution is 2.30. The summed E-state index contributed by atoms with van der Waals surface area (Å²) >= 11 is 2.87. The van der Waals surface area contributed by atoms with Crippen molar-refractivity contribution >= 4 is 43.9 Å². The van der Waals surface area contributed by atoms with E-state index in [-0.39, 0.29) is 5.91 Å². The summed E-state index contributed by atoms with van der Waals surface area (Å²) in [6.07, 6.45) is 0. The van der Waals surface area contributed by atoms with Gasteiger partial charge in [0.05, 0.1) is 22.2 Å². The van der Waals surface area contributed by atoms with Crippen molar-refractivity contribution in [3.05, 3.63) is 69.4 Å². The lowest BCUT2D eigenvalue weighted by Gasteiger charge is -2.10. The molecule has 1 amide bonds. The van der Waals surface area contributed by atoms with Crippen LogP contribution in [-0.2, 0) is 6.61 Å². The molecule has 5 nitrogen and oxygen atoms in total. The molecule has 0 saturated heterocycles. The van der Waals surface area contributed by atoms with Gasteiger partial charge in [0.1, 0.15) is 6.61 Å². The summed E-state index contributed by atoms with van der Waals surface area (Å²) in [5.74, 6) is 1.22. The molecule has 0 fully saturated rings. The number of thiazole rings is 1. The number of thiophene rings is 1. The van der Waals surface area contributed by atoms with Gasteiger partial charge in [-0.2, -0.15) is 0 Å². The van der Waals surface area contributed by atoms with Crippen LogP contribution in [0.1, 0.15) is 26.4 Å². The van der Waals surface area contributed by atoms with E-state index in [1.165, 1.54) is 22.7 Å². The van der Waals surface area contributed by atoms with Crippen molar-refractivity contribution in [3.63, 3.8) is 0 Å². The zero-order valence-electron chi connectivity index (χ0n) is 16.3. The number of benzene rings is 2. The number of methoxy groups -OCH3 is 1. The highest BCUT2D eigenvalue weighted by molar-refractivity contribution is 7.22. The van der Waals surface area contributed by atoms with Crippen LogP contribution >= 0.6 is 22.7 Å². The van der Waals surface area contributed by atoms with Crippen LogP contribution in [0.2, 0.25) is 0 Å². The number of fused-ring (bicyclic) bond motifs is 1. The van der Waals surface area contributed by atoms with E-state index in [1.54, 1.807) is 7.11 Å². The Morgan fingerprint density at radius 3 is 2.79 bits per heavy atom. The van der Waals surface area contributed by atoms with Crippen molar-refractivity contribution in [2.45, 2.75) is 20.5 Å². The van der Waals surface area contributed by atoms with Crippen molar-refractivity contribution in [2.24, 2.45) is 0 Å². The summed E-state index contributed by atoms with van der Waals surface area (Å²) in [7, 11) is 1.62. The molecular weight excluding hydrogens is 404 g/mol. The Hall–Kier alpha value is -2.90. The summed E-state index contributed by atoms with van der Waals surface area (Å²) < 4.78 is 12.3. The molecule has 29 heavy (non-hydrogen) atoms. The van der Waals surface area contributed by atoms with Crippen LogP contribution < -0.4 is 14.8 Å². The lowest BCUT2D eigenvalue weighted by molar-refractivity contribution is 0.103. The number of aryl methyl sites for hydroxylation is 2. The average Bonchev–Trinajstić information content (AvgIpc) is 3.34. The second kappa shape index (κ2) is 8.23. The predicted molar refractivity (Wildman–Crippen MR) is 119 cm³/mol. The van der Waals surface area contributed by atoms with Crippen LogP contribution in [0.15, 0.2) is 47.8 Å². The number of aromatic nitrogens is 1. The van der Waals surface area contributed by atoms with Gasteiger partial charge in [-0.15, -0.1) is 11.3 Å². The number of hydrogen-bond donors (Lipinski definition) is 1. The molecule has 148 valence electrons. The van der Waals surface area contributed by atoms with E-state index in [0.29, 0.717) is 28.1 Å². The van der Waals surface area contributed by atoms with E-state index >= 15 is 0 Å². The first-order valence-electron chi connectivity index (χ1n) is 9.06. The molecule has 0 atom stereocenters. The van der Waals surface area contributed by atoms with Gasteiger partial charge in [-0.25, -0.2) is 4.98 Å². The Morgan fingerprint density at radius 2 is 2.00 bits per heavy atom. The number of carbonyl (C=O) groups is 1. The highest BCUT2D eigenvalue weighted by Gasteiger charge is 2.14. The molecule has 4 rings (SSSR count). The highest BCUT2D eigenvalue weighted by atomic mass is 32.1. The predicted octanol–water partition coefficient (Wildman–Crippen LogP) is 5.81. The van der Waals surface area contributed by atoms with Crippen molar-refractivity contribution < 1.29 is 14.3 Å². The summed E-state index contributed by atoms with van der Waals surface area (Å²) in [4.78, 5) is 17.8. The molecule has 2 heterocycles. The van der Waals surface area contributed by atoms with E-state index in [2.05, 4.69) is 10.3 Å². The Morgan fingerprint density at radius 1 is 1.14 bits per heavy atom. The SMILES string of the molecule is COc1cc(C)ccc1OCc1csc(C(=O)Nc2nc3c(C)cccc3s2)c1. The molecule has 2 aromatic heterocycles. The molecule has 0 radical (unpaired) electrons. The van der Waals surface area contributed by atoms with Crippen LogP contribution in [-0.4, -0.2) is 18.0 Å². The van der Waals surface area contributed by atoms with Gasteiger partial charge in [-0.1, -0.05) is 29.5 Å². The Balaban J connectivity index is 1.43. The zero-order valence-corrected chi connectivity index (χ0v) is 17.9. The number of hydrogen-bond acceptors (Lipinski definition) is 6. The molecule has 2 aromatic carbocycles. The van der Waals surface area contributed by atoms with Gasteiger partial charge < -0.3 is 9.47 Å². The number of ether oxygens (including phenoxy) is 2. The molecule has 0 unspecified atom stereocenters. The fourth-order valence-corrected chi connectivity index (χ4v) is 4.65. The van der Waals surface area contributed by atoms with Gasteiger partial charge >= 0.3 is 0 Å². The van der Waals surface area contributed by atoms with Gasteiger partial charge in [-0.3, -0.25) is 10.1 Å². The third kappa shape index (κ3) is 4.26. The van der Waals surface area contributed by atoms with Crippen LogP contribution in [0.5, 0.6) is 11.5 Å². The van der Waals surface area contributed by atoms with Crippen LogP contribution in [0, 0.1) is 13.8 Å². The van der Waals surface area contributed by atoms with Crippen LogP contribution in [0.25, 0.3) is 10.2 Å². The fourth-order valence-electron chi connectivity index (χ4n) is 2.92. The maximum atomic E-state index is 12.6. The quantitative estimate of drug-likeness (QED) is 0.424. The van der Waals surface area contributed by atoms with E-state index < -0.39 is 0 Å². The molecule has 0 bridgehead atoms. The van der Waals surface area contributed by atoms with Gasteiger partial charge in [0.2, 0.25) is 0 Å². The fraction of sp³-hybridized carbons (Fsp3) is 0.182. The number of nitrogens with one attached hydrogen (secondary N) is 1. The van der Waals surface area contributed by atoms with Gasteiger partial charge in [0.15, 0.2) is 16.6 Å². The van der Waals surface area contributed by atoms with Crippen molar-refractivity contribution in [2.75, 3.05) is 12.4 Å². The molecule has 7 heteroatoms. The number of amides is 1. The number of nitrogens with zero attached hydrogens (tertiary/aromatic N) is 1. The van der Waals surface area contributed by atoms with Crippen molar-refractivity contribution in [1.29, 1.82) is 0 Å². The third-order valence-corrected chi connectivity index (χ3v) is 6.35. The second-order valence-electron chi connectivity index (χ2n) is 6.66. The number of carbonyl (C=O) groups excluding carboxylic acids is 1. The summed E-state index contributed by atoms with van der Waals surface area (Å²) in [6, 6.07) is 13.7. The maximum absolute atomic E-state index is 12.6. The molecule has 0 aliphatic rings. The van der Waals surface area contributed by atoms with E-state index in [9.17, 15) is 4.79 Å². The average molecular weight is 425 g/mol. The Kier molecular flexibility index (Phi) is 5.51. The second-order valence-corrected chi connectivity index (χ2v) is 8.60. The van der Waals surface area contributed by atoms with Gasteiger partial charge in [0, 0.05) is 5.56 Å². The van der Waals surface area contributed by atoms with E-state index in [4.69, 9.17) is 9.47 Å². The topological polar surface area (TPSA) is 60.5 Å². The molecule has 1 N–H and O–H groups in total. The first-order valence-corrected chi connectivity index (χ1v) is 10.8. The Bertz CT molecular complexity index is 1180. The largest absolute Gasteiger partial charge is 0.493 e. The minimum Gasteiger partial charge on any atom is -0.493 e. The van der Waals surface area contributed by atoms with Crippen molar-refractivity contribution in [1.82, 2.24) is 4.98 Å². The van der Waals surface area contributed by atoms with Crippen molar-refractivity contribution in [3.8, 4) is 11.5 Å². The van der Waals surface area contributed by atoms with E-state index in [0.717, 1.165) is 26.9 Å². The summed E-state index contributed by atoms with van der Waals surface area (Å²) in [5, 5.41) is 5.44. The number of para-hydroxylation sites is 1. The monoisotopic (exact) mass is 424 g/mol. The lowest BCUT2D eigenvalue weighted by Crippen LogP contribution is -2.09. The standard InChI is InChI=1S/C22H20N2O3S2/c1-13-7-8-16(17(9-13)26-3)27-11-15-10-19(28-12-15)21(25)24-22-23-20-14(2)5-4-6-18(20)29-22/h4-10,12H,11H2,1-3H3,(H,23,24,25). The van der Waals surface area contributed by atoms with Crippen LogP contribution in [0.4, 0.5) is 5.13 Å². The normalized spacial score (nSPS) is 10.9. The first-order chi connectivity index (χ1) is 14.0. The zero-order chi connectivity index (χ0) is 20.4.